The Balaban J connectivity index is 1.51. The van der Waals surface area contributed by atoms with E-state index in [0.29, 0.717) is 31.7 Å². The van der Waals surface area contributed by atoms with E-state index in [1.165, 1.54) is 4.57 Å². The predicted octanol–water partition coefficient (Wildman–Crippen LogP) is 3.40. The molecule has 1 amide bonds. The van der Waals surface area contributed by atoms with Crippen LogP contribution in [0.3, 0.4) is 0 Å². The Labute approximate surface area is 234 Å². The number of nitrogens with zero attached hydrogens (tertiary/aromatic N) is 3. The summed E-state index contributed by atoms with van der Waals surface area (Å²) in [5.74, 6) is 0.0109. The van der Waals surface area contributed by atoms with Gasteiger partial charge in [-0.25, -0.2) is 4.98 Å². The van der Waals surface area contributed by atoms with E-state index in [1.54, 1.807) is 6.20 Å². The largest absolute Gasteiger partial charge is 0.370 e. The lowest BCUT2D eigenvalue weighted by Crippen LogP contribution is -2.35. The number of nitrogens with two attached hydrogens (primary N) is 2. The Morgan fingerprint density at radius 1 is 0.825 bits per heavy atom. The number of unbranched alkanes of at least 4 members (excludes halogenated alkanes) is 1. The van der Waals surface area contributed by atoms with E-state index >= 15 is 0 Å². The zero-order valence-corrected chi connectivity index (χ0v) is 22.4. The standard InChI is InChI=1S/C31H35N7O2/c32-31(33)36-19-8-7-18-34-28(39)22-38-27(26-15-13-25(14-16-26)24-11-5-2-6-12-24)21-37-29(30(38)40)35-20-17-23-9-3-1-4-10-23/h1-6,9-16,21H,7-8,17-20,22H2,(H,34,39)(H,35,37)(H4,32,33,36). The van der Waals surface area contributed by atoms with Gasteiger partial charge in [0.25, 0.3) is 5.56 Å². The minimum atomic E-state index is -0.347. The quantitative estimate of drug-likeness (QED) is 0.117. The molecule has 3 aromatic carbocycles. The number of nitrogens with one attached hydrogen (secondary N) is 2. The number of rotatable bonds is 13. The molecule has 9 nitrogen and oxygen atoms in total. The highest BCUT2D eigenvalue weighted by Gasteiger charge is 2.15. The van der Waals surface area contributed by atoms with Crippen molar-refractivity contribution < 1.29 is 4.79 Å². The van der Waals surface area contributed by atoms with Crippen LogP contribution in [0.25, 0.3) is 22.4 Å². The average Bonchev–Trinajstić information content (AvgIpc) is 2.98. The van der Waals surface area contributed by atoms with Gasteiger partial charge in [-0.05, 0) is 41.5 Å². The Kier molecular flexibility index (Phi) is 10.0. The Bertz CT molecular complexity index is 1460. The van der Waals surface area contributed by atoms with Crippen LogP contribution in [0.1, 0.15) is 18.4 Å². The smallest absolute Gasteiger partial charge is 0.294 e. The van der Waals surface area contributed by atoms with Gasteiger partial charge in [-0.2, -0.15) is 0 Å². The molecule has 4 aromatic rings. The van der Waals surface area contributed by atoms with Gasteiger partial charge in [-0.15, -0.1) is 0 Å². The molecule has 4 rings (SSSR count). The lowest BCUT2D eigenvalue weighted by atomic mass is 10.0. The molecule has 206 valence electrons. The molecule has 0 fully saturated rings. The molecule has 1 heterocycles. The van der Waals surface area contributed by atoms with Crippen molar-refractivity contribution in [1.29, 1.82) is 0 Å². The van der Waals surface area contributed by atoms with E-state index in [4.69, 9.17) is 11.5 Å². The van der Waals surface area contributed by atoms with Crippen molar-refractivity contribution in [3.8, 4) is 22.4 Å². The number of aromatic nitrogens is 2. The van der Waals surface area contributed by atoms with E-state index < -0.39 is 0 Å². The average molecular weight is 538 g/mol. The molecular formula is C31H35N7O2. The van der Waals surface area contributed by atoms with Gasteiger partial charge in [0.05, 0.1) is 11.9 Å². The van der Waals surface area contributed by atoms with Crippen LogP contribution in [0.15, 0.2) is 101 Å². The van der Waals surface area contributed by atoms with E-state index in [0.717, 1.165) is 35.1 Å². The van der Waals surface area contributed by atoms with Gasteiger partial charge >= 0.3 is 0 Å². The second-order valence-electron chi connectivity index (χ2n) is 9.35. The number of amides is 1. The van der Waals surface area contributed by atoms with Crippen molar-refractivity contribution in [2.24, 2.45) is 16.5 Å². The maximum Gasteiger partial charge on any atom is 0.294 e. The fourth-order valence-corrected chi connectivity index (χ4v) is 4.30. The SMILES string of the molecule is NC(N)=NCCCCNC(=O)Cn1c(-c2ccc(-c3ccccc3)cc2)cnc(NCCc2ccccc2)c1=O. The summed E-state index contributed by atoms with van der Waals surface area (Å²) < 4.78 is 1.48. The fourth-order valence-electron chi connectivity index (χ4n) is 4.30. The van der Waals surface area contributed by atoms with Crippen molar-refractivity contribution in [3.63, 3.8) is 0 Å². The first-order valence-electron chi connectivity index (χ1n) is 13.4. The van der Waals surface area contributed by atoms with E-state index in [2.05, 4.69) is 20.6 Å². The van der Waals surface area contributed by atoms with Crippen LogP contribution in [0, 0.1) is 0 Å². The molecule has 0 radical (unpaired) electrons. The molecule has 0 aliphatic rings. The van der Waals surface area contributed by atoms with Gasteiger partial charge in [0.2, 0.25) is 5.91 Å². The first kappa shape index (κ1) is 28.1. The number of hydrogen-bond acceptors (Lipinski definition) is 5. The molecule has 0 atom stereocenters. The van der Waals surface area contributed by atoms with Crippen LogP contribution >= 0.6 is 0 Å². The Morgan fingerprint density at radius 3 is 2.17 bits per heavy atom. The summed E-state index contributed by atoms with van der Waals surface area (Å²) in [6, 6.07) is 28.0. The first-order valence-corrected chi connectivity index (χ1v) is 13.4. The summed E-state index contributed by atoms with van der Waals surface area (Å²) in [5, 5.41) is 6.04. The molecule has 6 N–H and O–H groups in total. The topological polar surface area (TPSA) is 140 Å². The van der Waals surface area contributed by atoms with Crippen molar-refractivity contribution in [3.05, 3.63) is 107 Å². The van der Waals surface area contributed by atoms with Crippen LogP contribution < -0.4 is 27.7 Å². The lowest BCUT2D eigenvalue weighted by molar-refractivity contribution is -0.121. The van der Waals surface area contributed by atoms with Crippen molar-refractivity contribution >= 4 is 17.7 Å². The second kappa shape index (κ2) is 14.3. The molecule has 1 aromatic heterocycles. The van der Waals surface area contributed by atoms with E-state index in [-0.39, 0.29) is 29.8 Å². The predicted molar refractivity (Wildman–Crippen MR) is 161 cm³/mol. The zero-order valence-electron chi connectivity index (χ0n) is 22.4. The number of hydrogen-bond donors (Lipinski definition) is 4. The number of guanidine groups is 1. The third-order valence-corrected chi connectivity index (χ3v) is 6.39. The van der Waals surface area contributed by atoms with Crippen molar-refractivity contribution in [2.45, 2.75) is 25.8 Å². The maximum absolute atomic E-state index is 13.5. The molecule has 0 spiro atoms. The molecule has 0 unspecified atom stereocenters. The number of benzene rings is 3. The van der Waals surface area contributed by atoms with Gasteiger partial charge < -0.3 is 22.1 Å². The molecule has 0 saturated carbocycles. The molecule has 0 bridgehead atoms. The van der Waals surface area contributed by atoms with E-state index in [9.17, 15) is 9.59 Å². The first-order chi connectivity index (χ1) is 19.5. The monoisotopic (exact) mass is 537 g/mol. The Morgan fingerprint density at radius 2 is 1.48 bits per heavy atom. The van der Waals surface area contributed by atoms with Crippen molar-refractivity contribution in [1.82, 2.24) is 14.9 Å². The minimum Gasteiger partial charge on any atom is -0.370 e. The normalized spacial score (nSPS) is 10.6. The van der Waals surface area contributed by atoms with Crippen LogP contribution in [-0.4, -0.2) is 41.1 Å². The third kappa shape index (κ3) is 8.04. The second-order valence-corrected chi connectivity index (χ2v) is 9.35. The Hall–Kier alpha value is -4.92. The number of anilines is 1. The minimum absolute atomic E-state index is 0.0543. The van der Waals surface area contributed by atoms with Crippen molar-refractivity contribution in [2.75, 3.05) is 25.0 Å². The summed E-state index contributed by atoms with van der Waals surface area (Å²) >= 11 is 0. The van der Waals surface area contributed by atoms with Crippen LogP contribution in [0.4, 0.5) is 5.82 Å². The maximum atomic E-state index is 13.5. The number of carbonyl (C=O) groups excluding carboxylic acids is 1. The van der Waals surface area contributed by atoms with Gasteiger partial charge in [0.1, 0.15) is 6.54 Å². The van der Waals surface area contributed by atoms with Gasteiger partial charge in [-0.1, -0.05) is 84.9 Å². The molecule has 40 heavy (non-hydrogen) atoms. The highest BCUT2D eigenvalue weighted by atomic mass is 16.2. The van der Waals surface area contributed by atoms with Gasteiger partial charge in [0, 0.05) is 19.6 Å². The highest BCUT2D eigenvalue weighted by Crippen LogP contribution is 2.24. The fraction of sp³-hybridized carbons (Fsp3) is 0.226. The van der Waals surface area contributed by atoms with Crippen LogP contribution in [0.5, 0.6) is 0 Å². The zero-order chi connectivity index (χ0) is 28.2. The summed E-state index contributed by atoms with van der Waals surface area (Å²) in [6.45, 7) is 1.38. The summed E-state index contributed by atoms with van der Waals surface area (Å²) in [4.78, 5) is 34.8. The number of carbonyl (C=O) groups is 1. The summed E-state index contributed by atoms with van der Waals surface area (Å²) in [5.41, 5.74) is 15.0. The van der Waals surface area contributed by atoms with Crippen LogP contribution in [-0.2, 0) is 17.8 Å². The van der Waals surface area contributed by atoms with Gasteiger partial charge in [-0.3, -0.25) is 19.1 Å². The molecule has 9 heteroatoms. The summed E-state index contributed by atoms with van der Waals surface area (Å²) in [7, 11) is 0. The van der Waals surface area contributed by atoms with Gasteiger partial charge in [0.15, 0.2) is 11.8 Å². The molecule has 0 aliphatic heterocycles. The summed E-state index contributed by atoms with van der Waals surface area (Å²) in [6.07, 6.45) is 3.84. The lowest BCUT2D eigenvalue weighted by Gasteiger charge is -2.15. The highest BCUT2D eigenvalue weighted by molar-refractivity contribution is 5.77. The van der Waals surface area contributed by atoms with Crippen LogP contribution in [0.2, 0.25) is 0 Å². The molecular weight excluding hydrogens is 502 g/mol. The van der Waals surface area contributed by atoms with E-state index in [1.807, 2.05) is 84.9 Å². The third-order valence-electron chi connectivity index (χ3n) is 6.39. The number of aliphatic imine (C=N–C) groups is 1. The molecule has 0 aliphatic carbocycles. The molecule has 0 saturated heterocycles.